The molecule has 178 valence electrons. The molecule has 4 rings (SSSR count). The van der Waals surface area contributed by atoms with Gasteiger partial charge >= 0.3 is 0 Å². The molecule has 0 bridgehead atoms. The van der Waals surface area contributed by atoms with Gasteiger partial charge in [0.25, 0.3) is 11.8 Å². The third-order valence-electron chi connectivity index (χ3n) is 5.13. The van der Waals surface area contributed by atoms with E-state index in [0.717, 1.165) is 5.56 Å². The van der Waals surface area contributed by atoms with Gasteiger partial charge in [-0.05, 0) is 77.0 Å². The second kappa shape index (κ2) is 11.7. The van der Waals surface area contributed by atoms with E-state index in [1.165, 1.54) is 30.4 Å². The second-order valence-electron chi connectivity index (χ2n) is 7.69. The van der Waals surface area contributed by atoms with Crippen LogP contribution in [0.2, 0.25) is 0 Å². The van der Waals surface area contributed by atoms with Crippen LogP contribution in [-0.2, 0) is 4.79 Å². The van der Waals surface area contributed by atoms with Crippen LogP contribution in [0.1, 0.15) is 31.8 Å². The van der Waals surface area contributed by atoms with Gasteiger partial charge in [0.2, 0.25) is 0 Å². The van der Waals surface area contributed by atoms with Gasteiger partial charge in [0.1, 0.15) is 11.5 Å². The Bertz CT molecular complexity index is 1430. The van der Waals surface area contributed by atoms with Crippen molar-refractivity contribution < 1.29 is 18.8 Å². The summed E-state index contributed by atoms with van der Waals surface area (Å²) in [6.07, 6.45) is 4.51. The number of amides is 2. The number of thiophene rings is 1. The molecular formula is C29H21FN2O3S. The Kier molecular flexibility index (Phi) is 7.95. The monoisotopic (exact) mass is 496 g/mol. The lowest BCUT2D eigenvalue weighted by Gasteiger charge is -2.12. The van der Waals surface area contributed by atoms with Crippen LogP contribution in [0.4, 0.5) is 10.1 Å². The average molecular weight is 497 g/mol. The molecule has 5 nitrogen and oxygen atoms in total. The minimum atomic E-state index is -0.640. The predicted molar refractivity (Wildman–Crippen MR) is 141 cm³/mol. The fourth-order valence-corrected chi connectivity index (χ4v) is 3.87. The lowest BCUT2D eigenvalue weighted by atomic mass is 10.1. The fourth-order valence-electron chi connectivity index (χ4n) is 3.24. The normalized spacial score (nSPS) is 11.3. The molecule has 0 aliphatic heterocycles. The molecule has 1 aromatic heterocycles. The van der Waals surface area contributed by atoms with Crippen molar-refractivity contribution in [2.24, 2.45) is 0 Å². The number of halogens is 1. The fraction of sp³-hybridized carbons (Fsp3) is 0. The van der Waals surface area contributed by atoms with Crippen LogP contribution in [0.5, 0.6) is 0 Å². The van der Waals surface area contributed by atoms with E-state index < -0.39 is 17.6 Å². The molecule has 0 atom stereocenters. The minimum Gasteiger partial charge on any atom is -0.321 e. The van der Waals surface area contributed by atoms with E-state index >= 15 is 0 Å². The molecule has 7 heteroatoms. The maximum atomic E-state index is 14.2. The molecule has 0 fully saturated rings. The van der Waals surface area contributed by atoms with E-state index in [9.17, 15) is 18.8 Å². The number of allylic oxidation sites excluding steroid dienone is 1. The number of carbonyl (C=O) groups excluding carboxylic acids is 3. The Morgan fingerprint density at radius 1 is 0.806 bits per heavy atom. The molecule has 0 saturated heterocycles. The molecule has 0 spiro atoms. The lowest BCUT2D eigenvalue weighted by Crippen LogP contribution is -2.30. The Balaban J connectivity index is 1.51. The van der Waals surface area contributed by atoms with Crippen molar-refractivity contribution in [3.8, 4) is 0 Å². The summed E-state index contributed by atoms with van der Waals surface area (Å²) in [5.41, 5.74) is 2.18. The van der Waals surface area contributed by atoms with Crippen LogP contribution in [0.25, 0.3) is 12.2 Å². The standard InChI is InChI=1S/C29H21FN2O3S/c30-25-9-5-4-8-23(25)18-26(32-28(34)22-6-2-1-3-7-22)29(35)31-24-13-11-21(12-14-24)27(33)15-10-20-16-17-36-19-20/h1-19H,(H,31,35)(H,32,34)/b15-10+,26-18-. The molecule has 2 amide bonds. The van der Waals surface area contributed by atoms with Crippen molar-refractivity contribution in [2.45, 2.75) is 0 Å². The topological polar surface area (TPSA) is 75.3 Å². The van der Waals surface area contributed by atoms with Crippen molar-refractivity contribution in [1.82, 2.24) is 5.32 Å². The summed E-state index contributed by atoms with van der Waals surface area (Å²) in [7, 11) is 0. The molecular weight excluding hydrogens is 475 g/mol. The quantitative estimate of drug-likeness (QED) is 0.226. The maximum Gasteiger partial charge on any atom is 0.272 e. The van der Waals surface area contributed by atoms with Crippen molar-refractivity contribution in [1.29, 1.82) is 0 Å². The van der Waals surface area contributed by atoms with Crippen molar-refractivity contribution in [2.75, 3.05) is 5.32 Å². The molecule has 0 saturated carbocycles. The summed E-state index contributed by atoms with van der Waals surface area (Å²) in [5, 5.41) is 9.12. The van der Waals surface area contributed by atoms with E-state index in [4.69, 9.17) is 0 Å². The zero-order valence-corrected chi connectivity index (χ0v) is 19.8. The summed E-state index contributed by atoms with van der Waals surface area (Å²) in [4.78, 5) is 38.1. The number of anilines is 1. The van der Waals surface area contributed by atoms with Crippen molar-refractivity contribution >= 4 is 46.8 Å². The Morgan fingerprint density at radius 3 is 2.22 bits per heavy atom. The van der Waals surface area contributed by atoms with Crippen molar-refractivity contribution in [3.63, 3.8) is 0 Å². The number of hydrogen-bond acceptors (Lipinski definition) is 4. The number of benzene rings is 3. The molecule has 0 aliphatic carbocycles. The van der Waals surface area contributed by atoms with Gasteiger partial charge in [0.15, 0.2) is 5.78 Å². The number of carbonyl (C=O) groups is 3. The largest absolute Gasteiger partial charge is 0.321 e. The first kappa shape index (κ1) is 24.5. The van der Waals surface area contributed by atoms with E-state index in [2.05, 4.69) is 10.6 Å². The van der Waals surface area contributed by atoms with Crippen LogP contribution in [0.15, 0.2) is 107 Å². The molecule has 0 unspecified atom stereocenters. The zero-order valence-electron chi connectivity index (χ0n) is 19.0. The summed E-state index contributed by atoms with van der Waals surface area (Å²) in [6, 6.07) is 22.6. The Hall–Kier alpha value is -4.62. The molecule has 0 aliphatic rings. The van der Waals surface area contributed by atoms with Crippen LogP contribution < -0.4 is 10.6 Å². The molecule has 2 N–H and O–H groups in total. The first-order valence-corrected chi connectivity index (χ1v) is 11.9. The summed E-state index contributed by atoms with van der Waals surface area (Å²) < 4.78 is 14.2. The molecule has 1 heterocycles. The molecule has 36 heavy (non-hydrogen) atoms. The zero-order chi connectivity index (χ0) is 25.3. The first-order chi connectivity index (χ1) is 17.5. The van der Waals surface area contributed by atoms with Gasteiger partial charge in [-0.2, -0.15) is 11.3 Å². The van der Waals surface area contributed by atoms with Gasteiger partial charge in [-0.25, -0.2) is 4.39 Å². The highest BCUT2D eigenvalue weighted by Gasteiger charge is 2.16. The van der Waals surface area contributed by atoms with Gasteiger partial charge in [0.05, 0.1) is 0 Å². The predicted octanol–water partition coefficient (Wildman–Crippen LogP) is 6.19. The average Bonchev–Trinajstić information content (AvgIpc) is 3.43. The van der Waals surface area contributed by atoms with E-state index in [0.29, 0.717) is 16.8 Å². The van der Waals surface area contributed by atoms with E-state index in [1.54, 1.807) is 78.1 Å². The van der Waals surface area contributed by atoms with Crippen LogP contribution >= 0.6 is 11.3 Å². The van der Waals surface area contributed by atoms with E-state index in [1.807, 2.05) is 16.8 Å². The van der Waals surface area contributed by atoms with Gasteiger partial charge in [-0.15, -0.1) is 0 Å². The van der Waals surface area contributed by atoms with Crippen molar-refractivity contribution in [3.05, 3.63) is 136 Å². The summed E-state index contributed by atoms with van der Waals surface area (Å²) in [6.45, 7) is 0. The number of hydrogen-bond donors (Lipinski definition) is 2. The highest BCUT2D eigenvalue weighted by Crippen LogP contribution is 2.16. The maximum absolute atomic E-state index is 14.2. The van der Waals surface area contributed by atoms with Crippen LogP contribution in [0, 0.1) is 5.82 Å². The first-order valence-electron chi connectivity index (χ1n) is 11.0. The number of rotatable bonds is 8. The van der Waals surface area contributed by atoms with Gasteiger partial charge in [0, 0.05) is 22.4 Å². The third kappa shape index (κ3) is 6.49. The Morgan fingerprint density at radius 2 is 1.53 bits per heavy atom. The lowest BCUT2D eigenvalue weighted by molar-refractivity contribution is -0.113. The minimum absolute atomic E-state index is 0.132. The van der Waals surface area contributed by atoms with Gasteiger partial charge < -0.3 is 10.6 Å². The van der Waals surface area contributed by atoms with Gasteiger partial charge in [-0.3, -0.25) is 14.4 Å². The van der Waals surface area contributed by atoms with Crippen LogP contribution in [-0.4, -0.2) is 17.6 Å². The van der Waals surface area contributed by atoms with Gasteiger partial charge in [-0.1, -0.05) is 42.5 Å². The highest BCUT2D eigenvalue weighted by atomic mass is 32.1. The molecule has 4 aromatic rings. The smallest absolute Gasteiger partial charge is 0.272 e. The SMILES string of the molecule is O=C(Nc1ccc(C(=O)/C=C/c2ccsc2)cc1)/C(=C/c1ccccc1F)NC(=O)c1ccccc1. The molecule has 0 radical (unpaired) electrons. The van der Waals surface area contributed by atoms with E-state index in [-0.39, 0.29) is 17.0 Å². The number of nitrogens with one attached hydrogen (secondary N) is 2. The number of ketones is 1. The summed E-state index contributed by atoms with van der Waals surface area (Å²) >= 11 is 1.55. The summed E-state index contributed by atoms with van der Waals surface area (Å²) in [5.74, 6) is -1.85. The van der Waals surface area contributed by atoms with Crippen LogP contribution in [0.3, 0.4) is 0 Å². The highest BCUT2D eigenvalue weighted by molar-refractivity contribution is 7.08. The molecule has 3 aromatic carbocycles. The Labute approximate surface area is 211 Å². The second-order valence-corrected chi connectivity index (χ2v) is 8.47. The third-order valence-corrected chi connectivity index (χ3v) is 5.83.